The molecule has 1 unspecified atom stereocenters. The van der Waals surface area contributed by atoms with E-state index in [2.05, 4.69) is 44.2 Å². The molecule has 0 radical (unpaired) electrons. The number of rotatable bonds is 10. The van der Waals surface area contributed by atoms with Crippen LogP contribution in [-0.4, -0.2) is 39.0 Å². The van der Waals surface area contributed by atoms with E-state index in [0.717, 1.165) is 50.0 Å². The summed E-state index contributed by atoms with van der Waals surface area (Å²) in [6.07, 6.45) is 3.01. The van der Waals surface area contributed by atoms with Gasteiger partial charge in [0.15, 0.2) is 11.8 Å². The molecule has 0 aliphatic heterocycles. The van der Waals surface area contributed by atoms with Gasteiger partial charge in [-0.2, -0.15) is 0 Å². The number of aliphatic hydroxyl groups excluding tert-OH is 1. The van der Waals surface area contributed by atoms with Crippen LogP contribution in [0.1, 0.15) is 42.7 Å². The smallest absolute Gasteiger partial charge is 0.192 e. The summed E-state index contributed by atoms with van der Waals surface area (Å²) < 4.78 is 1.95. The summed E-state index contributed by atoms with van der Waals surface area (Å²) in [6, 6.07) is 4.15. The van der Waals surface area contributed by atoms with Gasteiger partial charge in [0.2, 0.25) is 0 Å². The molecule has 26 heavy (non-hydrogen) atoms. The van der Waals surface area contributed by atoms with Crippen molar-refractivity contribution in [1.82, 2.24) is 25.4 Å². The SMILES string of the molecule is CCCC(CCO)CNC(=NCc1nnc(C)n1C)NCc1cccs1. The molecular formula is C18H30N6OS. The number of hydrogen-bond donors (Lipinski definition) is 3. The highest BCUT2D eigenvalue weighted by Gasteiger charge is 2.10. The molecule has 0 aliphatic rings. The minimum atomic E-state index is 0.222. The van der Waals surface area contributed by atoms with Crippen LogP contribution in [0.5, 0.6) is 0 Å². The molecule has 0 bridgehead atoms. The Balaban J connectivity index is 1.99. The summed E-state index contributed by atoms with van der Waals surface area (Å²) in [7, 11) is 1.95. The van der Waals surface area contributed by atoms with Gasteiger partial charge >= 0.3 is 0 Å². The van der Waals surface area contributed by atoms with Crippen LogP contribution in [0.3, 0.4) is 0 Å². The molecule has 2 aromatic heterocycles. The van der Waals surface area contributed by atoms with Crippen molar-refractivity contribution in [2.75, 3.05) is 13.2 Å². The van der Waals surface area contributed by atoms with Gasteiger partial charge in [0.25, 0.3) is 0 Å². The van der Waals surface area contributed by atoms with Gasteiger partial charge < -0.3 is 20.3 Å². The number of aromatic nitrogens is 3. The predicted octanol–water partition coefficient (Wildman–Crippen LogP) is 2.22. The minimum absolute atomic E-state index is 0.222. The average molecular weight is 379 g/mol. The van der Waals surface area contributed by atoms with Gasteiger partial charge in [0, 0.05) is 25.1 Å². The minimum Gasteiger partial charge on any atom is -0.396 e. The summed E-state index contributed by atoms with van der Waals surface area (Å²) in [4.78, 5) is 5.93. The molecule has 0 amide bonds. The lowest BCUT2D eigenvalue weighted by molar-refractivity contribution is 0.251. The summed E-state index contributed by atoms with van der Waals surface area (Å²) >= 11 is 1.72. The van der Waals surface area contributed by atoms with E-state index in [1.165, 1.54) is 4.88 Å². The number of nitrogens with zero attached hydrogens (tertiary/aromatic N) is 4. The van der Waals surface area contributed by atoms with E-state index in [-0.39, 0.29) is 6.61 Å². The molecular weight excluding hydrogens is 348 g/mol. The van der Waals surface area contributed by atoms with Gasteiger partial charge in [0.1, 0.15) is 12.4 Å². The van der Waals surface area contributed by atoms with Gasteiger partial charge in [0.05, 0.1) is 6.54 Å². The lowest BCUT2D eigenvalue weighted by atomic mass is 10.0. The summed E-state index contributed by atoms with van der Waals surface area (Å²) in [5.74, 6) is 2.91. The first-order valence-electron chi connectivity index (χ1n) is 9.14. The lowest BCUT2D eigenvalue weighted by Crippen LogP contribution is -2.39. The molecule has 2 heterocycles. The zero-order valence-corrected chi connectivity index (χ0v) is 16.7. The molecule has 144 valence electrons. The molecule has 0 spiro atoms. The van der Waals surface area contributed by atoms with E-state index in [1.807, 2.05) is 24.6 Å². The van der Waals surface area contributed by atoms with Crippen molar-refractivity contribution in [3.63, 3.8) is 0 Å². The molecule has 0 aliphatic carbocycles. The largest absolute Gasteiger partial charge is 0.396 e. The van der Waals surface area contributed by atoms with Gasteiger partial charge in [-0.3, -0.25) is 0 Å². The lowest BCUT2D eigenvalue weighted by Gasteiger charge is -2.18. The van der Waals surface area contributed by atoms with E-state index in [1.54, 1.807) is 11.3 Å². The van der Waals surface area contributed by atoms with E-state index < -0.39 is 0 Å². The number of hydrogen-bond acceptors (Lipinski definition) is 5. The van der Waals surface area contributed by atoms with Crippen LogP contribution in [0, 0.1) is 12.8 Å². The third kappa shape index (κ3) is 6.42. The monoisotopic (exact) mass is 378 g/mol. The fourth-order valence-corrected chi connectivity index (χ4v) is 3.32. The zero-order valence-electron chi connectivity index (χ0n) is 15.9. The molecule has 7 nitrogen and oxygen atoms in total. The fraction of sp³-hybridized carbons (Fsp3) is 0.611. The van der Waals surface area contributed by atoms with Crippen molar-refractivity contribution in [2.24, 2.45) is 18.0 Å². The predicted molar refractivity (Wildman–Crippen MR) is 106 cm³/mol. The maximum Gasteiger partial charge on any atom is 0.192 e. The number of aryl methyl sites for hydroxylation is 1. The van der Waals surface area contributed by atoms with Crippen molar-refractivity contribution in [2.45, 2.75) is 46.2 Å². The first-order chi connectivity index (χ1) is 12.6. The van der Waals surface area contributed by atoms with Crippen molar-refractivity contribution < 1.29 is 5.11 Å². The van der Waals surface area contributed by atoms with Crippen molar-refractivity contribution in [3.05, 3.63) is 34.0 Å². The Kier molecular flexibility index (Phi) is 8.57. The van der Waals surface area contributed by atoms with E-state index in [0.29, 0.717) is 12.5 Å². The Morgan fingerprint density at radius 1 is 1.35 bits per heavy atom. The highest BCUT2D eigenvalue weighted by Crippen LogP contribution is 2.10. The first kappa shape index (κ1) is 20.4. The zero-order chi connectivity index (χ0) is 18.8. The van der Waals surface area contributed by atoms with Crippen LogP contribution >= 0.6 is 11.3 Å². The van der Waals surface area contributed by atoms with Crippen LogP contribution in [0.15, 0.2) is 22.5 Å². The molecule has 3 N–H and O–H groups in total. The van der Waals surface area contributed by atoms with Crippen molar-refractivity contribution in [3.8, 4) is 0 Å². The van der Waals surface area contributed by atoms with Crippen molar-refractivity contribution in [1.29, 1.82) is 0 Å². The third-order valence-electron chi connectivity index (χ3n) is 4.36. The third-order valence-corrected chi connectivity index (χ3v) is 5.24. The Morgan fingerprint density at radius 3 is 2.81 bits per heavy atom. The van der Waals surface area contributed by atoms with Crippen LogP contribution in [0.2, 0.25) is 0 Å². The molecule has 2 rings (SSSR count). The second-order valence-corrected chi connectivity index (χ2v) is 7.40. The van der Waals surface area contributed by atoms with E-state index in [4.69, 9.17) is 0 Å². The average Bonchev–Trinajstić information content (AvgIpc) is 3.26. The Labute approximate surface area is 159 Å². The fourth-order valence-electron chi connectivity index (χ4n) is 2.68. The van der Waals surface area contributed by atoms with Crippen LogP contribution < -0.4 is 10.6 Å². The molecule has 0 saturated heterocycles. The molecule has 2 aromatic rings. The highest BCUT2D eigenvalue weighted by atomic mass is 32.1. The Bertz CT molecular complexity index is 661. The molecule has 0 aromatic carbocycles. The second-order valence-electron chi connectivity index (χ2n) is 6.37. The van der Waals surface area contributed by atoms with Gasteiger partial charge in [-0.15, -0.1) is 21.5 Å². The molecule has 0 fully saturated rings. The quantitative estimate of drug-likeness (QED) is 0.436. The number of nitrogens with one attached hydrogen (secondary N) is 2. The van der Waals surface area contributed by atoms with Crippen molar-refractivity contribution >= 4 is 17.3 Å². The van der Waals surface area contributed by atoms with Crippen LogP contribution in [0.25, 0.3) is 0 Å². The van der Waals surface area contributed by atoms with Gasteiger partial charge in [-0.1, -0.05) is 19.4 Å². The summed E-state index contributed by atoms with van der Waals surface area (Å²) in [5, 5.41) is 26.4. The maximum absolute atomic E-state index is 9.25. The topological polar surface area (TPSA) is 87.4 Å². The number of guanidine groups is 1. The number of thiophene rings is 1. The van der Waals surface area contributed by atoms with Crippen LogP contribution in [-0.2, 0) is 20.1 Å². The summed E-state index contributed by atoms with van der Waals surface area (Å²) in [5.41, 5.74) is 0. The molecule has 0 saturated carbocycles. The maximum atomic E-state index is 9.25. The Morgan fingerprint density at radius 2 is 2.19 bits per heavy atom. The van der Waals surface area contributed by atoms with E-state index >= 15 is 0 Å². The first-order valence-corrected chi connectivity index (χ1v) is 10.0. The van der Waals surface area contributed by atoms with E-state index in [9.17, 15) is 5.11 Å². The summed E-state index contributed by atoms with van der Waals surface area (Å²) in [6.45, 7) is 6.32. The Hall–Kier alpha value is -1.93. The second kappa shape index (κ2) is 10.9. The standard InChI is InChI=1S/C18H30N6OS/c1-4-6-15(8-9-25)11-19-18(20-12-16-7-5-10-26-16)21-13-17-23-22-14(2)24(17)3/h5,7,10,15,25H,4,6,8-9,11-13H2,1-3H3,(H2,19,20,21). The normalized spacial score (nSPS) is 13.0. The van der Waals surface area contributed by atoms with Crippen LogP contribution in [0.4, 0.5) is 0 Å². The van der Waals surface area contributed by atoms with Gasteiger partial charge in [-0.05, 0) is 37.1 Å². The van der Waals surface area contributed by atoms with Gasteiger partial charge in [-0.25, -0.2) is 4.99 Å². The molecule has 1 atom stereocenters. The molecule has 8 heteroatoms. The highest BCUT2D eigenvalue weighted by molar-refractivity contribution is 7.09. The number of aliphatic hydroxyl groups is 1. The number of aliphatic imine (C=N–C) groups is 1.